The molecule has 0 aliphatic carbocycles. The summed E-state index contributed by atoms with van der Waals surface area (Å²) in [6, 6.07) is 5.80. The highest BCUT2D eigenvalue weighted by Crippen LogP contribution is 2.27. The molecule has 0 atom stereocenters. The molecule has 1 saturated heterocycles. The molecule has 0 unspecified atom stereocenters. The molecule has 8 nitrogen and oxygen atoms in total. The maximum atomic E-state index is 13.3. The van der Waals surface area contributed by atoms with E-state index in [-0.39, 0.29) is 27.2 Å². The zero-order chi connectivity index (χ0) is 19.0. The average molecular weight is 396 g/mol. The van der Waals surface area contributed by atoms with E-state index in [0.717, 1.165) is 23.1 Å². The molecular formula is C15H7ClFN3O5S. The van der Waals surface area contributed by atoms with Gasteiger partial charge >= 0.3 is 5.88 Å². The lowest BCUT2D eigenvalue weighted by Gasteiger charge is -2.28. The summed E-state index contributed by atoms with van der Waals surface area (Å²) in [4.78, 5) is 35.6. The molecule has 0 bridgehead atoms. The maximum Gasteiger partial charge on any atom is 0.433 e. The predicted octanol–water partition coefficient (Wildman–Crippen LogP) is 2.81. The van der Waals surface area contributed by atoms with Gasteiger partial charge in [0.2, 0.25) is 0 Å². The van der Waals surface area contributed by atoms with Crippen molar-refractivity contribution < 1.29 is 23.3 Å². The third-order valence-electron chi connectivity index (χ3n) is 3.34. The van der Waals surface area contributed by atoms with Crippen LogP contribution in [0.1, 0.15) is 5.76 Å². The molecule has 11 heteroatoms. The lowest BCUT2D eigenvalue weighted by molar-refractivity contribution is -0.402. The fourth-order valence-electron chi connectivity index (χ4n) is 2.18. The van der Waals surface area contributed by atoms with Gasteiger partial charge in [-0.05, 0) is 42.6 Å². The zero-order valence-electron chi connectivity index (χ0n) is 12.6. The number of carbonyl (C=O) groups is 2. The van der Waals surface area contributed by atoms with Crippen molar-refractivity contribution in [3.05, 3.63) is 62.6 Å². The van der Waals surface area contributed by atoms with Gasteiger partial charge in [0.15, 0.2) is 5.11 Å². The molecule has 132 valence electrons. The van der Waals surface area contributed by atoms with Gasteiger partial charge in [-0.1, -0.05) is 11.6 Å². The molecule has 1 fully saturated rings. The summed E-state index contributed by atoms with van der Waals surface area (Å²) < 4.78 is 18.3. The van der Waals surface area contributed by atoms with Crippen LogP contribution in [0.5, 0.6) is 0 Å². The monoisotopic (exact) mass is 395 g/mol. The molecule has 1 N–H and O–H groups in total. The number of furan rings is 1. The number of carbonyl (C=O) groups excluding carboxylic acids is 2. The minimum Gasteiger partial charge on any atom is -0.401 e. The topological polar surface area (TPSA) is 106 Å². The first-order valence-electron chi connectivity index (χ1n) is 6.88. The maximum absolute atomic E-state index is 13.3. The van der Waals surface area contributed by atoms with Crippen LogP contribution >= 0.6 is 23.8 Å². The molecule has 2 aromatic rings. The van der Waals surface area contributed by atoms with Crippen molar-refractivity contribution >= 4 is 58.4 Å². The lowest BCUT2D eigenvalue weighted by Crippen LogP contribution is -2.54. The molecule has 26 heavy (non-hydrogen) atoms. The molecule has 1 aliphatic rings. The van der Waals surface area contributed by atoms with Gasteiger partial charge in [-0.25, -0.2) is 4.39 Å². The van der Waals surface area contributed by atoms with E-state index in [1.807, 2.05) is 0 Å². The van der Waals surface area contributed by atoms with Gasteiger partial charge in [-0.2, -0.15) is 0 Å². The van der Waals surface area contributed by atoms with Crippen LogP contribution in [0.4, 0.5) is 16.0 Å². The van der Waals surface area contributed by atoms with Crippen LogP contribution in [-0.2, 0) is 9.59 Å². The van der Waals surface area contributed by atoms with Crippen molar-refractivity contribution in [2.45, 2.75) is 0 Å². The smallest absolute Gasteiger partial charge is 0.401 e. The third-order valence-corrected chi connectivity index (χ3v) is 3.92. The minimum atomic E-state index is -0.819. The third kappa shape index (κ3) is 3.19. The Bertz CT molecular complexity index is 1000. The summed E-state index contributed by atoms with van der Waals surface area (Å²) in [5.74, 6) is -2.92. The van der Waals surface area contributed by atoms with E-state index in [2.05, 4.69) is 5.32 Å². The van der Waals surface area contributed by atoms with E-state index in [4.69, 9.17) is 28.2 Å². The number of benzene rings is 1. The molecule has 2 heterocycles. The Labute approximate surface area is 155 Å². The van der Waals surface area contributed by atoms with E-state index < -0.39 is 28.4 Å². The Morgan fingerprint density at radius 1 is 1.31 bits per heavy atom. The van der Waals surface area contributed by atoms with Crippen molar-refractivity contribution in [3.63, 3.8) is 0 Å². The molecule has 0 saturated carbocycles. The van der Waals surface area contributed by atoms with Crippen molar-refractivity contribution in [2.75, 3.05) is 4.90 Å². The van der Waals surface area contributed by atoms with E-state index in [1.54, 1.807) is 0 Å². The summed E-state index contributed by atoms with van der Waals surface area (Å²) in [6.45, 7) is 0. The normalized spacial score (nSPS) is 16.2. The summed E-state index contributed by atoms with van der Waals surface area (Å²) in [5.41, 5.74) is -0.231. The van der Waals surface area contributed by atoms with Crippen LogP contribution in [0.2, 0.25) is 5.02 Å². The number of halogens is 2. The molecule has 3 rings (SSSR count). The van der Waals surface area contributed by atoms with Crippen molar-refractivity contribution in [1.82, 2.24) is 5.32 Å². The van der Waals surface area contributed by atoms with Gasteiger partial charge in [0.25, 0.3) is 11.8 Å². The Morgan fingerprint density at radius 2 is 2.04 bits per heavy atom. The van der Waals surface area contributed by atoms with Crippen LogP contribution in [-0.4, -0.2) is 21.9 Å². The highest BCUT2D eigenvalue weighted by molar-refractivity contribution is 7.80. The number of hydrogen-bond acceptors (Lipinski definition) is 6. The number of anilines is 1. The molecular weight excluding hydrogens is 389 g/mol. The fourth-order valence-corrected chi connectivity index (χ4v) is 2.63. The summed E-state index contributed by atoms with van der Waals surface area (Å²) in [5, 5.41) is 12.5. The number of thiocarbonyl (C=S) groups is 1. The number of nitrogens with one attached hydrogen (secondary N) is 1. The Morgan fingerprint density at radius 3 is 2.65 bits per heavy atom. The molecule has 0 spiro atoms. The number of rotatable bonds is 3. The molecule has 1 aliphatic heterocycles. The van der Waals surface area contributed by atoms with Crippen LogP contribution in [0.3, 0.4) is 0 Å². The second-order valence-corrected chi connectivity index (χ2v) is 5.78. The first-order chi connectivity index (χ1) is 12.3. The second kappa shape index (κ2) is 6.65. The molecule has 1 aromatic carbocycles. The Hall–Kier alpha value is -3.11. The van der Waals surface area contributed by atoms with Crippen molar-refractivity contribution in [1.29, 1.82) is 0 Å². The first-order valence-corrected chi connectivity index (χ1v) is 7.67. The van der Waals surface area contributed by atoms with E-state index in [0.29, 0.717) is 0 Å². The molecule has 2 amide bonds. The van der Waals surface area contributed by atoms with E-state index in [9.17, 15) is 24.1 Å². The minimum absolute atomic E-state index is 0.0693. The number of amides is 2. The first kappa shape index (κ1) is 17.7. The Kier molecular flexibility index (Phi) is 4.53. The molecule has 1 aromatic heterocycles. The standard InChI is InChI=1S/C15H7ClFN3O5S/c16-10-5-7(1-3-11(10)17)19-14(22)9(13(21)18-15(19)26)6-8-2-4-12(25-8)20(23)24/h1-6H,(H,18,21,26)/b9-6+. The zero-order valence-corrected chi connectivity index (χ0v) is 14.1. The van der Waals surface area contributed by atoms with Crippen LogP contribution in [0, 0.1) is 15.9 Å². The predicted molar refractivity (Wildman–Crippen MR) is 93.0 cm³/mol. The van der Waals surface area contributed by atoms with Gasteiger partial charge in [0.05, 0.1) is 16.8 Å². The second-order valence-electron chi connectivity index (χ2n) is 4.99. The Balaban J connectivity index is 2.00. The summed E-state index contributed by atoms with van der Waals surface area (Å²) >= 11 is 10.7. The highest BCUT2D eigenvalue weighted by Gasteiger charge is 2.35. The van der Waals surface area contributed by atoms with Crippen molar-refractivity contribution in [3.8, 4) is 0 Å². The fraction of sp³-hybridized carbons (Fsp3) is 0. The lowest BCUT2D eigenvalue weighted by atomic mass is 10.1. The number of hydrogen-bond donors (Lipinski definition) is 1. The summed E-state index contributed by atoms with van der Waals surface area (Å²) in [7, 11) is 0. The van der Waals surface area contributed by atoms with Crippen LogP contribution in [0.15, 0.2) is 40.3 Å². The van der Waals surface area contributed by atoms with E-state index in [1.165, 1.54) is 18.2 Å². The highest BCUT2D eigenvalue weighted by atomic mass is 35.5. The van der Waals surface area contributed by atoms with Crippen LogP contribution < -0.4 is 10.2 Å². The summed E-state index contributed by atoms with van der Waals surface area (Å²) in [6.07, 6.45) is 1.05. The SMILES string of the molecule is O=C1NC(=S)N(c2ccc(F)c(Cl)c2)C(=O)/C1=C/c1ccc([N+](=O)[O-])o1. The van der Waals surface area contributed by atoms with Gasteiger partial charge < -0.3 is 4.42 Å². The quantitative estimate of drug-likeness (QED) is 0.281. The average Bonchev–Trinajstić information content (AvgIpc) is 3.03. The van der Waals surface area contributed by atoms with Crippen LogP contribution in [0.25, 0.3) is 6.08 Å². The largest absolute Gasteiger partial charge is 0.433 e. The molecule has 0 radical (unpaired) electrons. The van der Waals surface area contributed by atoms with Gasteiger partial charge in [-0.3, -0.25) is 29.9 Å². The number of nitrogens with zero attached hydrogens (tertiary/aromatic N) is 2. The van der Waals surface area contributed by atoms with Gasteiger partial charge in [0.1, 0.15) is 22.1 Å². The van der Waals surface area contributed by atoms with Crippen molar-refractivity contribution in [2.24, 2.45) is 0 Å². The van der Waals surface area contributed by atoms with Gasteiger partial charge in [-0.15, -0.1) is 0 Å². The number of nitro groups is 1. The van der Waals surface area contributed by atoms with Gasteiger partial charge in [0, 0.05) is 0 Å². The van der Waals surface area contributed by atoms with E-state index >= 15 is 0 Å².